The number of nitrogens with zero attached hydrogens (tertiary/aromatic N) is 1. The van der Waals surface area contributed by atoms with Gasteiger partial charge < -0.3 is 5.32 Å². The summed E-state index contributed by atoms with van der Waals surface area (Å²) in [7, 11) is 0. The molecule has 0 aromatic rings. The average molecular weight is 285 g/mol. The van der Waals surface area contributed by atoms with Gasteiger partial charge in [-0.25, -0.2) is 0 Å². The van der Waals surface area contributed by atoms with Crippen LogP contribution in [0.25, 0.3) is 0 Å². The van der Waals surface area contributed by atoms with E-state index in [1.54, 1.807) is 0 Å². The minimum Gasteiger partial charge on any atom is -0.311 e. The van der Waals surface area contributed by atoms with Crippen LogP contribution in [0.1, 0.15) is 51.9 Å². The van der Waals surface area contributed by atoms with Crippen LogP contribution in [0.5, 0.6) is 0 Å². The normalized spacial score (nSPS) is 30.6. The maximum Gasteiger partial charge on any atom is 0.0224 e. The molecular weight excluding hydrogens is 252 g/mol. The van der Waals surface area contributed by atoms with Gasteiger partial charge in [-0.2, -0.15) is 11.8 Å². The van der Waals surface area contributed by atoms with Gasteiger partial charge in [0.2, 0.25) is 0 Å². The van der Waals surface area contributed by atoms with Crippen LogP contribution >= 0.6 is 11.8 Å². The maximum atomic E-state index is 3.88. The van der Waals surface area contributed by atoms with Crippen LogP contribution < -0.4 is 5.32 Å². The van der Waals surface area contributed by atoms with Crippen LogP contribution in [-0.2, 0) is 0 Å². The average Bonchev–Trinajstić information content (AvgIpc) is 2.47. The molecule has 2 nitrogen and oxygen atoms in total. The van der Waals surface area contributed by atoms with Gasteiger partial charge in [-0.15, -0.1) is 0 Å². The first-order valence-electron chi connectivity index (χ1n) is 8.31. The lowest BCUT2D eigenvalue weighted by molar-refractivity contribution is 0.0967. The molecule has 1 N–H and O–H groups in total. The van der Waals surface area contributed by atoms with E-state index in [0.717, 1.165) is 18.0 Å². The minimum absolute atomic E-state index is 0.773. The summed E-state index contributed by atoms with van der Waals surface area (Å²) in [6.45, 7) is 6.13. The number of nitrogens with one attached hydrogen (secondary N) is 1. The van der Waals surface area contributed by atoms with Gasteiger partial charge in [-0.05, 0) is 31.4 Å². The third-order valence-electron chi connectivity index (χ3n) is 4.99. The van der Waals surface area contributed by atoms with Crippen LogP contribution in [0, 0.1) is 5.92 Å². The minimum atomic E-state index is 0.773. The van der Waals surface area contributed by atoms with Crippen molar-refractivity contribution in [3.63, 3.8) is 0 Å². The summed E-state index contributed by atoms with van der Waals surface area (Å²) in [5.41, 5.74) is 0. The quantitative estimate of drug-likeness (QED) is 0.805. The summed E-state index contributed by atoms with van der Waals surface area (Å²) in [5, 5.41) is 3.88. The Balaban J connectivity index is 1.87. The molecule has 2 aliphatic rings. The number of hydrogen-bond acceptors (Lipinski definition) is 3. The summed E-state index contributed by atoms with van der Waals surface area (Å²) in [6, 6.07) is 1.56. The standard InChI is InChI=1S/C16H32N2S/c1-3-7-15-12-17-16(13-18(15)10-11-19-2)14-8-5-4-6-9-14/h14-17H,3-13H2,1-2H3. The highest BCUT2D eigenvalue weighted by molar-refractivity contribution is 7.98. The highest BCUT2D eigenvalue weighted by Crippen LogP contribution is 2.28. The lowest BCUT2D eigenvalue weighted by Gasteiger charge is -2.44. The number of piperazine rings is 1. The highest BCUT2D eigenvalue weighted by atomic mass is 32.2. The summed E-state index contributed by atoms with van der Waals surface area (Å²) in [4.78, 5) is 2.79. The summed E-state index contributed by atoms with van der Waals surface area (Å²) in [6.07, 6.45) is 12.2. The maximum absolute atomic E-state index is 3.88. The second-order valence-corrected chi connectivity index (χ2v) is 7.33. The highest BCUT2D eigenvalue weighted by Gasteiger charge is 2.31. The van der Waals surface area contributed by atoms with Crippen molar-refractivity contribution in [3.05, 3.63) is 0 Å². The van der Waals surface area contributed by atoms with Crippen molar-refractivity contribution < 1.29 is 0 Å². The SMILES string of the molecule is CCCC1CNC(C2CCCCC2)CN1CCSC. The molecule has 0 amide bonds. The lowest BCUT2D eigenvalue weighted by atomic mass is 9.82. The zero-order valence-electron chi connectivity index (χ0n) is 12.9. The Hall–Kier alpha value is 0.270. The molecule has 0 aromatic carbocycles. The molecule has 1 saturated carbocycles. The van der Waals surface area contributed by atoms with Crippen molar-refractivity contribution in [3.8, 4) is 0 Å². The first-order valence-corrected chi connectivity index (χ1v) is 9.71. The Morgan fingerprint density at radius 1 is 1.21 bits per heavy atom. The largest absolute Gasteiger partial charge is 0.311 e. The third-order valence-corrected chi connectivity index (χ3v) is 5.58. The molecule has 0 aromatic heterocycles. The first-order chi connectivity index (χ1) is 9.35. The van der Waals surface area contributed by atoms with Crippen LogP contribution in [0.4, 0.5) is 0 Å². The zero-order valence-corrected chi connectivity index (χ0v) is 13.7. The smallest absolute Gasteiger partial charge is 0.0224 e. The van der Waals surface area contributed by atoms with Crippen LogP contribution in [-0.4, -0.2) is 48.6 Å². The molecule has 2 fully saturated rings. The Morgan fingerprint density at radius 3 is 2.68 bits per heavy atom. The first kappa shape index (κ1) is 15.7. The molecule has 2 atom stereocenters. The molecule has 2 rings (SSSR count). The Labute approximate surface area is 124 Å². The third kappa shape index (κ3) is 4.64. The molecule has 1 saturated heterocycles. The van der Waals surface area contributed by atoms with Crippen molar-refractivity contribution in [1.82, 2.24) is 10.2 Å². The number of rotatable bonds is 6. The Bertz CT molecular complexity index is 241. The van der Waals surface area contributed by atoms with Gasteiger partial charge in [0.25, 0.3) is 0 Å². The van der Waals surface area contributed by atoms with E-state index in [-0.39, 0.29) is 0 Å². The van der Waals surface area contributed by atoms with E-state index in [0.29, 0.717) is 0 Å². The molecule has 19 heavy (non-hydrogen) atoms. The van der Waals surface area contributed by atoms with Gasteiger partial charge in [0.05, 0.1) is 0 Å². The van der Waals surface area contributed by atoms with Crippen molar-refractivity contribution >= 4 is 11.8 Å². The molecule has 1 aliphatic heterocycles. The van der Waals surface area contributed by atoms with Gasteiger partial charge in [0.1, 0.15) is 0 Å². The fourth-order valence-corrected chi connectivity index (χ4v) is 4.25. The molecule has 0 bridgehead atoms. The van der Waals surface area contributed by atoms with Crippen LogP contribution in [0.3, 0.4) is 0 Å². The van der Waals surface area contributed by atoms with Gasteiger partial charge in [-0.3, -0.25) is 4.90 Å². The van der Waals surface area contributed by atoms with E-state index in [1.807, 2.05) is 11.8 Å². The van der Waals surface area contributed by atoms with Gasteiger partial charge in [0, 0.05) is 37.5 Å². The summed E-state index contributed by atoms with van der Waals surface area (Å²) >= 11 is 1.99. The van der Waals surface area contributed by atoms with Crippen LogP contribution in [0.15, 0.2) is 0 Å². The zero-order chi connectivity index (χ0) is 13.5. The molecular formula is C16H32N2S. The molecule has 1 heterocycles. The molecule has 3 heteroatoms. The number of hydrogen-bond donors (Lipinski definition) is 1. The second-order valence-electron chi connectivity index (χ2n) is 6.34. The van der Waals surface area contributed by atoms with E-state index in [9.17, 15) is 0 Å². The summed E-state index contributed by atoms with van der Waals surface area (Å²) in [5.74, 6) is 2.24. The molecule has 0 spiro atoms. The fourth-order valence-electron chi connectivity index (χ4n) is 3.84. The van der Waals surface area contributed by atoms with Gasteiger partial charge >= 0.3 is 0 Å². The Kier molecular flexibility index (Phi) is 7.03. The van der Waals surface area contributed by atoms with Crippen molar-refractivity contribution in [1.29, 1.82) is 0 Å². The van der Waals surface area contributed by atoms with Crippen molar-refractivity contribution in [2.75, 3.05) is 31.6 Å². The lowest BCUT2D eigenvalue weighted by Crippen LogP contribution is -2.59. The molecule has 0 radical (unpaired) electrons. The summed E-state index contributed by atoms with van der Waals surface area (Å²) < 4.78 is 0. The molecule has 112 valence electrons. The number of thioether (sulfide) groups is 1. The molecule has 1 aliphatic carbocycles. The van der Waals surface area contributed by atoms with E-state index >= 15 is 0 Å². The van der Waals surface area contributed by atoms with Gasteiger partial charge in [0.15, 0.2) is 0 Å². The fraction of sp³-hybridized carbons (Fsp3) is 1.00. The van der Waals surface area contributed by atoms with E-state index in [4.69, 9.17) is 0 Å². The second kappa shape index (κ2) is 8.53. The predicted molar refractivity (Wildman–Crippen MR) is 87.0 cm³/mol. The molecule has 2 unspecified atom stereocenters. The van der Waals surface area contributed by atoms with E-state index in [2.05, 4.69) is 23.4 Å². The predicted octanol–water partition coefficient (Wildman–Crippen LogP) is 3.37. The van der Waals surface area contributed by atoms with Crippen LogP contribution in [0.2, 0.25) is 0 Å². The topological polar surface area (TPSA) is 15.3 Å². The van der Waals surface area contributed by atoms with Crippen molar-refractivity contribution in [2.24, 2.45) is 5.92 Å². The van der Waals surface area contributed by atoms with Crippen molar-refractivity contribution in [2.45, 2.75) is 64.0 Å². The van der Waals surface area contributed by atoms with Gasteiger partial charge in [-0.1, -0.05) is 32.6 Å². The Morgan fingerprint density at radius 2 is 2.00 bits per heavy atom. The van der Waals surface area contributed by atoms with E-state index in [1.165, 1.54) is 70.3 Å². The van der Waals surface area contributed by atoms with E-state index < -0.39 is 0 Å². The monoisotopic (exact) mass is 284 g/mol.